The van der Waals surface area contributed by atoms with Gasteiger partial charge in [0.1, 0.15) is 17.8 Å². The predicted molar refractivity (Wildman–Crippen MR) is 111 cm³/mol. The summed E-state index contributed by atoms with van der Waals surface area (Å²) in [5.41, 5.74) is 2.37. The molecule has 0 aliphatic carbocycles. The van der Waals surface area contributed by atoms with Crippen molar-refractivity contribution in [2.75, 3.05) is 11.9 Å². The average molecular weight is 388 g/mol. The lowest BCUT2D eigenvalue weighted by Gasteiger charge is -2.07. The van der Waals surface area contributed by atoms with Crippen molar-refractivity contribution < 1.29 is 9.53 Å². The number of carbonyl (C=O) groups excluding carboxylic acids is 1. The lowest BCUT2D eigenvalue weighted by atomic mass is 10.1. The van der Waals surface area contributed by atoms with E-state index in [-0.39, 0.29) is 18.0 Å². The summed E-state index contributed by atoms with van der Waals surface area (Å²) in [6, 6.07) is 18.4. The monoisotopic (exact) mass is 388 g/mol. The smallest absolute Gasteiger partial charge is 0.277 e. The van der Waals surface area contributed by atoms with Gasteiger partial charge in [-0.3, -0.25) is 9.59 Å². The summed E-state index contributed by atoms with van der Waals surface area (Å²) < 4.78 is 8.35. The number of rotatable bonds is 6. The molecule has 7 heteroatoms. The maximum absolute atomic E-state index is 12.8. The average Bonchev–Trinajstić information content (AvgIpc) is 3.17. The number of hydrogen-bond acceptors (Lipinski definition) is 4. The Morgan fingerprint density at radius 1 is 1.07 bits per heavy atom. The zero-order chi connectivity index (χ0) is 20.2. The highest BCUT2D eigenvalue weighted by Gasteiger charge is 2.11. The molecule has 2 heterocycles. The number of nitrogens with zero attached hydrogens (tertiary/aromatic N) is 3. The van der Waals surface area contributed by atoms with Gasteiger partial charge in [-0.25, -0.2) is 4.52 Å². The van der Waals surface area contributed by atoms with Crippen molar-refractivity contribution in [1.29, 1.82) is 0 Å². The van der Waals surface area contributed by atoms with E-state index in [1.54, 1.807) is 30.6 Å². The molecule has 1 amide bonds. The third-order valence-corrected chi connectivity index (χ3v) is 4.44. The first-order valence-electron chi connectivity index (χ1n) is 9.31. The topological polar surface area (TPSA) is 77.6 Å². The van der Waals surface area contributed by atoms with Gasteiger partial charge in [-0.15, -0.1) is 0 Å². The van der Waals surface area contributed by atoms with Crippen molar-refractivity contribution in [1.82, 2.24) is 14.2 Å². The second kappa shape index (κ2) is 8.02. The Bertz CT molecular complexity index is 1190. The Labute approximate surface area is 167 Å². The number of para-hydroxylation sites is 1. The molecule has 29 heavy (non-hydrogen) atoms. The van der Waals surface area contributed by atoms with E-state index in [2.05, 4.69) is 10.4 Å². The number of benzene rings is 2. The quantitative estimate of drug-likeness (QED) is 0.550. The molecule has 0 unspecified atom stereocenters. The van der Waals surface area contributed by atoms with Crippen molar-refractivity contribution in [3.63, 3.8) is 0 Å². The van der Waals surface area contributed by atoms with E-state index in [0.717, 1.165) is 11.3 Å². The lowest BCUT2D eigenvalue weighted by Crippen LogP contribution is -2.28. The van der Waals surface area contributed by atoms with Gasteiger partial charge < -0.3 is 14.6 Å². The van der Waals surface area contributed by atoms with Crippen LogP contribution in [0.3, 0.4) is 0 Å². The van der Waals surface area contributed by atoms with Gasteiger partial charge in [0.25, 0.3) is 5.56 Å². The van der Waals surface area contributed by atoms with Crippen LogP contribution in [-0.2, 0) is 11.3 Å². The molecular formula is C22H20N4O3. The molecular weight excluding hydrogens is 368 g/mol. The molecule has 146 valence electrons. The summed E-state index contributed by atoms with van der Waals surface area (Å²) in [5.74, 6) is 0.515. The summed E-state index contributed by atoms with van der Waals surface area (Å²) >= 11 is 0. The molecule has 7 nitrogen and oxygen atoms in total. The second-order valence-electron chi connectivity index (χ2n) is 6.46. The molecule has 0 saturated carbocycles. The number of amides is 1. The van der Waals surface area contributed by atoms with E-state index < -0.39 is 0 Å². The third kappa shape index (κ3) is 4.03. The molecule has 2 aromatic carbocycles. The molecule has 0 spiro atoms. The van der Waals surface area contributed by atoms with E-state index >= 15 is 0 Å². The molecule has 0 atom stereocenters. The summed E-state index contributed by atoms with van der Waals surface area (Å²) in [4.78, 5) is 25.1. The van der Waals surface area contributed by atoms with Crippen molar-refractivity contribution >= 4 is 17.1 Å². The number of aromatic nitrogens is 3. The Kier molecular flexibility index (Phi) is 5.11. The van der Waals surface area contributed by atoms with Gasteiger partial charge in [0.2, 0.25) is 5.91 Å². The fraction of sp³-hybridized carbons (Fsp3) is 0.136. The van der Waals surface area contributed by atoms with Gasteiger partial charge in [-0.1, -0.05) is 18.2 Å². The molecule has 0 aliphatic rings. The SMILES string of the molecule is CCOc1ccc(-c2cc3c(=O)n(CC(=O)Nc4ccccc4)ccn3n2)cc1. The first-order valence-corrected chi connectivity index (χ1v) is 9.31. The second-order valence-corrected chi connectivity index (χ2v) is 6.46. The largest absolute Gasteiger partial charge is 0.494 e. The highest BCUT2D eigenvalue weighted by Crippen LogP contribution is 2.21. The maximum Gasteiger partial charge on any atom is 0.277 e. The summed E-state index contributed by atoms with van der Waals surface area (Å²) in [6.07, 6.45) is 3.24. The van der Waals surface area contributed by atoms with Gasteiger partial charge in [-0.05, 0) is 49.4 Å². The number of hydrogen-bond donors (Lipinski definition) is 1. The number of fused-ring (bicyclic) bond motifs is 1. The standard InChI is InChI=1S/C22H20N4O3/c1-2-29-18-10-8-16(9-11-18)19-14-20-22(28)25(12-13-26(20)24-19)15-21(27)23-17-6-4-3-5-7-17/h3-14H,2,15H2,1H3,(H,23,27). The van der Waals surface area contributed by atoms with Crippen molar-refractivity contribution in [3.05, 3.63) is 83.4 Å². The van der Waals surface area contributed by atoms with Crippen LogP contribution in [0.5, 0.6) is 5.75 Å². The van der Waals surface area contributed by atoms with Crippen molar-refractivity contribution in [2.24, 2.45) is 0 Å². The van der Waals surface area contributed by atoms with Gasteiger partial charge in [0.05, 0.1) is 12.3 Å². The minimum atomic E-state index is -0.277. The lowest BCUT2D eigenvalue weighted by molar-refractivity contribution is -0.116. The van der Waals surface area contributed by atoms with Crippen LogP contribution in [-0.4, -0.2) is 26.7 Å². The summed E-state index contributed by atoms with van der Waals surface area (Å²) in [5, 5.41) is 7.25. The van der Waals surface area contributed by atoms with Crippen LogP contribution in [0, 0.1) is 0 Å². The first-order chi connectivity index (χ1) is 14.1. The van der Waals surface area contributed by atoms with Crippen molar-refractivity contribution in [2.45, 2.75) is 13.5 Å². The van der Waals surface area contributed by atoms with Crippen LogP contribution < -0.4 is 15.6 Å². The van der Waals surface area contributed by atoms with Gasteiger partial charge in [0.15, 0.2) is 0 Å². The van der Waals surface area contributed by atoms with Gasteiger partial charge in [-0.2, -0.15) is 5.10 Å². The van der Waals surface area contributed by atoms with E-state index in [1.165, 1.54) is 9.08 Å². The molecule has 0 radical (unpaired) electrons. The van der Waals surface area contributed by atoms with Gasteiger partial charge in [0, 0.05) is 23.6 Å². The van der Waals surface area contributed by atoms with Crippen molar-refractivity contribution in [3.8, 4) is 17.0 Å². The van der Waals surface area contributed by atoms with Crippen LogP contribution >= 0.6 is 0 Å². The normalized spacial score (nSPS) is 10.8. The van der Waals surface area contributed by atoms with E-state index in [9.17, 15) is 9.59 Å². The number of nitrogens with one attached hydrogen (secondary N) is 1. The zero-order valence-corrected chi connectivity index (χ0v) is 15.9. The number of ether oxygens (including phenoxy) is 1. The molecule has 0 aliphatic heterocycles. The Balaban J connectivity index is 1.57. The van der Waals surface area contributed by atoms with E-state index in [0.29, 0.717) is 23.5 Å². The van der Waals surface area contributed by atoms with Crippen LogP contribution in [0.25, 0.3) is 16.8 Å². The fourth-order valence-corrected chi connectivity index (χ4v) is 3.06. The molecule has 0 fully saturated rings. The highest BCUT2D eigenvalue weighted by molar-refractivity contribution is 5.90. The maximum atomic E-state index is 12.8. The zero-order valence-electron chi connectivity index (χ0n) is 15.9. The Hall–Kier alpha value is -3.87. The predicted octanol–water partition coefficient (Wildman–Crippen LogP) is 3.20. The highest BCUT2D eigenvalue weighted by atomic mass is 16.5. The Morgan fingerprint density at radius 2 is 1.83 bits per heavy atom. The molecule has 0 saturated heterocycles. The summed E-state index contributed by atoms with van der Waals surface area (Å²) in [6.45, 7) is 2.46. The van der Waals surface area contributed by atoms with Crippen LogP contribution in [0.15, 0.2) is 77.9 Å². The molecule has 2 aromatic heterocycles. The van der Waals surface area contributed by atoms with Crippen LogP contribution in [0.1, 0.15) is 6.92 Å². The summed E-state index contributed by atoms with van der Waals surface area (Å²) in [7, 11) is 0. The first kappa shape index (κ1) is 18.5. The van der Waals surface area contributed by atoms with E-state index in [1.807, 2.05) is 49.4 Å². The fourth-order valence-electron chi connectivity index (χ4n) is 3.06. The molecule has 4 rings (SSSR count). The minimum absolute atomic E-state index is 0.0756. The molecule has 4 aromatic rings. The molecule has 0 bridgehead atoms. The number of carbonyl (C=O) groups is 1. The third-order valence-electron chi connectivity index (χ3n) is 4.44. The van der Waals surface area contributed by atoms with Crippen LogP contribution in [0.4, 0.5) is 5.69 Å². The van der Waals surface area contributed by atoms with Crippen LogP contribution in [0.2, 0.25) is 0 Å². The van der Waals surface area contributed by atoms with Gasteiger partial charge >= 0.3 is 0 Å². The minimum Gasteiger partial charge on any atom is -0.494 e. The number of anilines is 1. The van der Waals surface area contributed by atoms with E-state index in [4.69, 9.17) is 4.74 Å². The Morgan fingerprint density at radius 3 is 2.55 bits per heavy atom. The molecule has 1 N–H and O–H groups in total.